The standard InChI is InChI=1S/C15H14F3N3O3/c1-9-11(8-21(20-9)10-5-3-2-4-6-10)13(22)19-12(14(23)24)7-15(16,17)18/h2-6,8,12H,7H2,1H3,(H,19,22)(H,23,24). The van der Waals surface area contributed by atoms with Crippen LogP contribution in [0.1, 0.15) is 22.5 Å². The molecule has 0 bridgehead atoms. The summed E-state index contributed by atoms with van der Waals surface area (Å²) < 4.78 is 38.6. The Kier molecular flexibility index (Phi) is 4.91. The summed E-state index contributed by atoms with van der Waals surface area (Å²) in [5.74, 6) is -2.68. The molecule has 6 nitrogen and oxygen atoms in total. The van der Waals surface area contributed by atoms with Crippen LogP contribution in [0.5, 0.6) is 0 Å². The Morgan fingerprint density at radius 3 is 2.46 bits per heavy atom. The van der Waals surface area contributed by atoms with Gasteiger partial charge in [0.1, 0.15) is 6.04 Å². The number of para-hydroxylation sites is 1. The molecule has 1 aromatic carbocycles. The van der Waals surface area contributed by atoms with E-state index in [0.717, 1.165) is 0 Å². The molecule has 128 valence electrons. The van der Waals surface area contributed by atoms with Crippen LogP contribution in [0.25, 0.3) is 5.69 Å². The molecule has 1 atom stereocenters. The van der Waals surface area contributed by atoms with Gasteiger partial charge in [-0.3, -0.25) is 4.79 Å². The van der Waals surface area contributed by atoms with Crippen molar-refractivity contribution in [3.05, 3.63) is 47.8 Å². The number of carboxylic acid groups (broad SMARTS) is 1. The quantitative estimate of drug-likeness (QED) is 0.874. The lowest BCUT2D eigenvalue weighted by atomic mass is 10.1. The summed E-state index contributed by atoms with van der Waals surface area (Å²) in [7, 11) is 0. The van der Waals surface area contributed by atoms with Gasteiger partial charge in [-0.1, -0.05) is 18.2 Å². The van der Waals surface area contributed by atoms with Crippen LogP contribution in [0, 0.1) is 6.92 Å². The maximum absolute atomic E-state index is 12.4. The molecule has 9 heteroatoms. The zero-order chi connectivity index (χ0) is 17.9. The molecule has 0 aliphatic carbocycles. The van der Waals surface area contributed by atoms with Gasteiger partial charge in [-0.25, -0.2) is 9.48 Å². The van der Waals surface area contributed by atoms with Crippen molar-refractivity contribution in [2.24, 2.45) is 0 Å². The number of nitrogens with zero attached hydrogens (tertiary/aromatic N) is 2. The Hall–Kier alpha value is -2.84. The smallest absolute Gasteiger partial charge is 0.391 e. The van der Waals surface area contributed by atoms with E-state index < -0.39 is 30.5 Å². The fourth-order valence-electron chi connectivity index (χ4n) is 2.06. The van der Waals surface area contributed by atoms with Gasteiger partial charge in [-0.2, -0.15) is 18.3 Å². The van der Waals surface area contributed by atoms with E-state index in [1.807, 2.05) is 5.32 Å². The summed E-state index contributed by atoms with van der Waals surface area (Å²) in [6.45, 7) is 1.51. The molecule has 2 N–H and O–H groups in total. The molecule has 0 aliphatic heterocycles. The molecule has 0 fully saturated rings. The fraction of sp³-hybridized carbons (Fsp3) is 0.267. The van der Waals surface area contributed by atoms with Gasteiger partial charge in [0.05, 0.1) is 23.4 Å². The highest BCUT2D eigenvalue weighted by Gasteiger charge is 2.36. The molecule has 0 saturated carbocycles. The summed E-state index contributed by atoms with van der Waals surface area (Å²) in [6, 6.07) is 6.72. The molecule has 0 spiro atoms. The first-order valence-corrected chi connectivity index (χ1v) is 6.89. The normalized spacial score (nSPS) is 12.7. The minimum Gasteiger partial charge on any atom is -0.480 e. The van der Waals surface area contributed by atoms with Gasteiger partial charge in [0.15, 0.2) is 0 Å². The molecule has 1 amide bonds. The number of alkyl halides is 3. The summed E-state index contributed by atoms with van der Waals surface area (Å²) in [4.78, 5) is 23.0. The van der Waals surface area contributed by atoms with E-state index in [1.54, 1.807) is 30.3 Å². The van der Waals surface area contributed by atoms with Gasteiger partial charge in [0, 0.05) is 6.20 Å². The topological polar surface area (TPSA) is 84.2 Å². The number of carboxylic acids is 1. The van der Waals surface area contributed by atoms with Gasteiger partial charge < -0.3 is 10.4 Å². The van der Waals surface area contributed by atoms with Gasteiger partial charge in [0.25, 0.3) is 5.91 Å². The van der Waals surface area contributed by atoms with Crippen LogP contribution in [-0.2, 0) is 4.79 Å². The van der Waals surface area contributed by atoms with Gasteiger partial charge >= 0.3 is 12.1 Å². The van der Waals surface area contributed by atoms with Gasteiger partial charge in [-0.15, -0.1) is 0 Å². The molecule has 24 heavy (non-hydrogen) atoms. The number of halogens is 3. The monoisotopic (exact) mass is 341 g/mol. The first-order valence-electron chi connectivity index (χ1n) is 6.89. The predicted molar refractivity (Wildman–Crippen MR) is 77.9 cm³/mol. The lowest BCUT2D eigenvalue weighted by Crippen LogP contribution is -2.43. The van der Waals surface area contributed by atoms with Crippen LogP contribution in [0.15, 0.2) is 36.5 Å². The summed E-state index contributed by atoms with van der Waals surface area (Å²) in [6.07, 6.45) is -5.02. The summed E-state index contributed by atoms with van der Waals surface area (Å²) >= 11 is 0. The lowest BCUT2D eigenvalue weighted by Gasteiger charge is -2.15. The van der Waals surface area contributed by atoms with Crippen molar-refractivity contribution in [3.8, 4) is 5.69 Å². The Morgan fingerprint density at radius 2 is 1.92 bits per heavy atom. The highest BCUT2D eigenvalue weighted by atomic mass is 19.4. The molecule has 2 rings (SSSR count). The van der Waals surface area contributed by atoms with Crippen LogP contribution < -0.4 is 5.32 Å². The van der Waals surface area contributed by atoms with Crippen LogP contribution in [0.4, 0.5) is 13.2 Å². The minimum absolute atomic E-state index is 0.00674. The Bertz CT molecular complexity index is 741. The molecule has 1 unspecified atom stereocenters. The first kappa shape index (κ1) is 17.5. The Labute approximate surface area is 134 Å². The van der Waals surface area contributed by atoms with Crippen molar-refractivity contribution in [2.75, 3.05) is 0 Å². The van der Waals surface area contributed by atoms with E-state index in [2.05, 4.69) is 5.10 Å². The first-order chi connectivity index (χ1) is 11.2. The number of nitrogens with one attached hydrogen (secondary N) is 1. The van der Waals surface area contributed by atoms with E-state index in [-0.39, 0.29) is 11.3 Å². The second-order valence-corrected chi connectivity index (χ2v) is 5.09. The van der Waals surface area contributed by atoms with Crippen LogP contribution >= 0.6 is 0 Å². The second-order valence-electron chi connectivity index (χ2n) is 5.09. The number of benzene rings is 1. The zero-order valence-corrected chi connectivity index (χ0v) is 12.5. The minimum atomic E-state index is -4.71. The van der Waals surface area contributed by atoms with Crippen molar-refractivity contribution in [3.63, 3.8) is 0 Å². The third-order valence-electron chi connectivity index (χ3n) is 3.20. The lowest BCUT2D eigenvalue weighted by molar-refractivity contribution is -0.157. The van der Waals surface area contributed by atoms with Crippen LogP contribution in [0.2, 0.25) is 0 Å². The van der Waals surface area contributed by atoms with Crippen molar-refractivity contribution >= 4 is 11.9 Å². The fourth-order valence-corrected chi connectivity index (χ4v) is 2.06. The Balaban J connectivity index is 2.20. The maximum Gasteiger partial charge on any atom is 0.391 e. The third-order valence-corrected chi connectivity index (χ3v) is 3.20. The van der Waals surface area contributed by atoms with Crippen LogP contribution in [-0.4, -0.2) is 39.0 Å². The van der Waals surface area contributed by atoms with Crippen molar-refractivity contribution in [2.45, 2.75) is 25.6 Å². The maximum atomic E-state index is 12.4. The number of carbonyl (C=O) groups is 2. The molecule has 1 heterocycles. The summed E-state index contributed by atoms with van der Waals surface area (Å²) in [5.41, 5.74) is 0.935. The highest BCUT2D eigenvalue weighted by molar-refractivity contribution is 5.97. The van der Waals surface area contributed by atoms with Crippen molar-refractivity contribution < 1.29 is 27.9 Å². The van der Waals surface area contributed by atoms with Crippen molar-refractivity contribution in [1.29, 1.82) is 0 Å². The second kappa shape index (κ2) is 6.73. The zero-order valence-electron chi connectivity index (χ0n) is 12.5. The molecule has 1 aromatic heterocycles. The largest absolute Gasteiger partial charge is 0.480 e. The molecule has 0 saturated heterocycles. The average Bonchev–Trinajstić information content (AvgIpc) is 2.88. The Morgan fingerprint density at radius 1 is 1.29 bits per heavy atom. The number of aliphatic carboxylic acids is 1. The SMILES string of the molecule is Cc1nn(-c2ccccc2)cc1C(=O)NC(CC(F)(F)F)C(=O)O. The van der Waals surface area contributed by atoms with E-state index in [9.17, 15) is 22.8 Å². The molecule has 0 radical (unpaired) electrons. The number of aromatic nitrogens is 2. The van der Waals surface area contributed by atoms with Gasteiger partial charge in [-0.05, 0) is 19.1 Å². The molecular weight excluding hydrogens is 327 g/mol. The number of rotatable bonds is 5. The number of hydrogen-bond donors (Lipinski definition) is 2. The predicted octanol–water partition coefficient (Wildman–Crippen LogP) is 2.32. The number of hydrogen-bond acceptors (Lipinski definition) is 3. The third kappa shape index (κ3) is 4.34. The van der Waals surface area contributed by atoms with E-state index in [1.165, 1.54) is 17.8 Å². The van der Waals surface area contributed by atoms with E-state index in [0.29, 0.717) is 5.69 Å². The highest BCUT2D eigenvalue weighted by Crippen LogP contribution is 2.22. The summed E-state index contributed by atoms with van der Waals surface area (Å²) in [5, 5.41) is 14.8. The number of aryl methyl sites for hydroxylation is 1. The van der Waals surface area contributed by atoms with Crippen LogP contribution in [0.3, 0.4) is 0 Å². The number of carbonyl (C=O) groups excluding carboxylic acids is 1. The number of amides is 1. The molecule has 2 aromatic rings. The van der Waals surface area contributed by atoms with Gasteiger partial charge in [0.2, 0.25) is 0 Å². The van der Waals surface area contributed by atoms with E-state index in [4.69, 9.17) is 5.11 Å². The average molecular weight is 341 g/mol. The van der Waals surface area contributed by atoms with E-state index >= 15 is 0 Å². The molecule has 0 aliphatic rings. The van der Waals surface area contributed by atoms with Crippen molar-refractivity contribution in [1.82, 2.24) is 15.1 Å². The molecular formula is C15H14F3N3O3.